The van der Waals surface area contributed by atoms with Gasteiger partial charge in [-0.2, -0.15) is 0 Å². The van der Waals surface area contributed by atoms with Crippen LogP contribution in [0.3, 0.4) is 0 Å². The van der Waals surface area contributed by atoms with Crippen LogP contribution in [0.4, 0.5) is 8.78 Å². The van der Waals surface area contributed by atoms with Gasteiger partial charge in [0.05, 0.1) is 0 Å². The van der Waals surface area contributed by atoms with Crippen molar-refractivity contribution < 1.29 is 18.7 Å². The highest BCUT2D eigenvalue weighted by atomic mass is 79.9. The number of amides is 1. The molecule has 3 nitrogen and oxygen atoms in total. The van der Waals surface area contributed by atoms with Crippen LogP contribution < -0.4 is 5.32 Å². The van der Waals surface area contributed by atoms with Gasteiger partial charge in [-0.1, -0.05) is 28.1 Å². The van der Waals surface area contributed by atoms with Crippen molar-refractivity contribution >= 4 is 27.9 Å². The molecule has 0 saturated carbocycles. The summed E-state index contributed by atoms with van der Waals surface area (Å²) in [6.07, 6.45) is -1.92. The molecule has 0 radical (unpaired) electrons. The van der Waals surface area contributed by atoms with Gasteiger partial charge in [-0.15, -0.1) is 0 Å². The van der Waals surface area contributed by atoms with E-state index in [-0.39, 0.29) is 0 Å². The molecule has 19 heavy (non-hydrogen) atoms. The topological polar surface area (TPSA) is 49.3 Å². The van der Waals surface area contributed by atoms with Gasteiger partial charge in [0.15, 0.2) is 0 Å². The van der Waals surface area contributed by atoms with Gasteiger partial charge in [-0.25, -0.2) is 8.78 Å². The van der Waals surface area contributed by atoms with E-state index in [1.165, 1.54) is 6.08 Å². The Balaban J connectivity index is 2.54. The van der Waals surface area contributed by atoms with Gasteiger partial charge >= 0.3 is 0 Å². The van der Waals surface area contributed by atoms with Gasteiger partial charge in [-0.05, 0) is 30.2 Å². The minimum Gasteiger partial charge on any atom is -0.385 e. The number of carbonyl (C=O) groups excluding carboxylic acids is 1. The number of hydrogen-bond acceptors (Lipinski definition) is 2. The molecule has 104 valence electrons. The van der Waals surface area contributed by atoms with Crippen molar-refractivity contribution in [2.45, 2.75) is 19.5 Å². The number of benzene rings is 1. The van der Waals surface area contributed by atoms with Crippen LogP contribution in [0.5, 0.6) is 0 Å². The smallest absolute Gasteiger partial charge is 0.265 e. The Kier molecular flexibility index (Phi) is 6.11. The van der Waals surface area contributed by atoms with Crippen LogP contribution in [-0.4, -0.2) is 30.1 Å². The number of rotatable bonds is 5. The van der Waals surface area contributed by atoms with E-state index in [9.17, 15) is 13.6 Å². The highest BCUT2D eigenvalue weighted by molar-refractivity contribution is 9.10. The predicted octanol–water partition coefficient (Wildman–Crippen LogP) is 2.51. The first kappa shape index (κ1) is 15.8. The van der Waals surface area contributed by atoms with Crippen molar-refractivity contribution in [2.24, 2.45) is 0 Å². The lowest BCUT2D eigenvalue weighted by Gasteiger charge is -2.09. The van der Waals surface area contributed by atoms with E-state index in [1.54, 1.807) is 6.08 Å². The lowest BCUT2D eigenvalue weighted by molar-refractivity contribution is -0.117. The third-order valence-corrected chi connectivity index (χ3v) is 3.03. The van der Waals surface area contributed by atoms with Crippen molar-refractivity contribution in [1.82, 2.24) is 5.32 Å². The summed E-state index contributed by atoms with van der Waals surface area (Å²) >= 11 is 3.36. The van der Waals surface area contributed by atoms with Crippen LogP contribution in [0, 0.1) is 6.92 Å². The summed E-state index contributed by atoms with van der Waals surface area (Å²) in [5.41, 5.74) is 1.88. The number of aryl methyl sites for hydroxylation is 1. The van der Waals surface area contributed by atoms with Crippen LogP contribution in [0.1, 0.15) is 11.1 Å². The highest BCUT2D eigenvalue weighted by Gasteiger charge is 2.16. The van der Waals surface area contributed by atoms with Gasteiger partial charge < -0.3 is 10.4 Å². The van der Waals surface area contributed by atoms with Crippen LogP contribution in [0.15, 0.2) is 28.7 Å². The second kappa shape index (κ2) is 7.35. The van der Waals surface area contributed by atoms with Crippen molar-refractivity contribution in [2.75, 3.05) is 6.54 Å². The molecular formula is C13H14BrF2NO2. The first-order valence-corrected chi connectivity index (χ1v) is 6.37. The lowest BCUT2D eigenvalue weighted by atomic mass is 10.1. The molecule has 1 unspecified atom stereocenters. The van der Waals surface area contributed by atoms with E-state index < -0.39 is 25.0 Å². The van der Waals surface area contributed by atoms with E-state index >= 15 is 0 Å². The quantitative estimate of drug-likeness (QED) is 0.813. The number of alkyl halides is 2. The molecule has 6 heteroatoms. The number of aliphatic hydroxyl groups is 1. The van der Waals surface area contributed by atoms with E-state index in [1.807, 2.05) is 25.1 Å². The van der Waals surface area contributed by atoms with E-state index in [0.29, 0.717) is 0 Å². The molecule has 1 atom stereocenters. The highest BCUT2D eigenvalue weighted by Crippen LogP contribution is 2.19. The van der Waals surface area contributed by atoms with Crippen molar-refractivity contribution in [3.05, 3.63) is 39.9 Å². The zero-order chi connectivity index (χ0) is 14.4. The summed E-state index contributed by atoms with van der Waals surface area (Å²) in [6.45, 7) is 1.46. The number of halogens is 3. The molecule has 0 fully saturated rings. The van der Waals surface area contributed by atoms with Gasteiger partial charge in [-0.3, -0.25) is 4.79 Å². The standard InChI is InChI=1S/C13H14BrF2NO2/c1-8-2-3-9(10(14)6-8)4-5-12(19)17-7-11(18)13(15)16/h2-6,11,13,18H,7H2,1H3,(H,17,19)/b5-4+. The largest absolute Gasteiger partial charge is 0.385 e. The molecule has 0 heterocycles. The summed E-state index contributed by atoms with van der Waals surface area (Å²) in [7, 11) is 0. The van der Waals surface area contributed by atoms with E-state index in [4.69, 9.17) is 5.11 Å². The molecule has 1 amide bonds. The average Bonchev–Trinajstić information content (AvgIpc) is 2.34. The first-order chi connectivity index (χ1) is 8.90. The molecular weight excluding hydrogens is 320 g/mol. The van der Waals surface area contributed by atoms with Gasteiger partial charge in [0.2, 0.25) is 5.91 Å². The summed E-state index contributed by atoms with van der Waals surface area (Å²) in [5.74, 6) is -0.535. The number of hydrogen-bond donors (Lipinski definition) is 2. The van der Waals surface area contributed by atoms with Crippen molar-refractivity contribution in [1.29, 1.82) is 0 Å². The molecule has 0 saturated heterocycles. The average molecular weight is 334 g/mol. The fourth-order valence-electron chi connectivity index (χ4n) is 1.29. The summed E-state index contributed by atoms with van der Waals surface area (Å²) < 4.78 is 24.8. The lowest BCUT2D eigenvalue weighted by Crippen LogP contribution is -2.34. The van der Waals surface area contributed by atoms with Crippen LogP contribution in [0.25, 0.3) is 6.08 Å². The molecule has 1 aromatic rings. The van der Waals surface area contributed by atoms with Crippen molar-refractivity contribution in [3.8, 4) is 0 Å². The summed E-state index contributed by atoms with van der Waals surface area (Å²) in [6, 6.07) is 5.62. The molecule has 1 aromatic carbocycles. The van der Waals surface area contributed by atoms with E-state index in [2.05, 4.69) is 21.2 Å². The predicted molar refractivity (Wildman–Crippen MR) is 72.9 cm³/mol. The maximum atomic E-state index is 12.0. The Labute approximate surface area is 118 Å². The molecule has 0 spiro atoms. The summed E-state index contributed by atoms with van der Waals surface area (Å²) in [5, 5.41) is 11.0. The second-order valence-electron chi connectivity index (χ2n) is 4.01. The Bertz CT molecular complexity index is 478. The molecule has 2 N–H and O–H groups in total. The number of nitrogens with one attached hydrogen (secondary N) is 1. The third-order valence-electron chi connectivity index (χ3n) is 2.35. The monoisotopic (exact) mass is 333 g/mol. The SMILES string of the molecule is Cc1ccc(/C=C/C(=O)NCC(O)C(F)F)c(Br)c1. The molecule has 0 aliphatic rings. The molecule has 0 aliphatic heterocycles. The first-order valence-electron chi connectivity index (χ1n) is 5.58. The normalized spacial score (nSPS) is 12.9. The van der Waals surface area contributed by atoms with Crippen LogP contribution in [0.2, 0.25) is 0 Å². The van der Waals surface area contributed by atoms with E-state index in [0.717, 1.165) is 15.6 Å². The number of aliphatic hydroxyl groups excluding tert-OH is 1. The molecule has 0 aliphatic carbocycles. The summed E-state index contributed by atoms with van der Waals surface area (Å²) in [4.78, 5) is 11.4. The van der Waals surface area contributed by atoms with Gasteiger partial charge in [0.1, 0.15) is 6.10 Å². The Morgan fingerprint density at radius 1 is 1.53 bits per heavy atom. The molecule has 0 bridgehead atoms. The minimum atomic E-state index is -2.87. The maximum Gasteiger partial charge on any atom is 0.265 e. The number of carbonyl (C=O) groups is 1. The Hall–Kier alpha value is -1.27. The second-order valence-corrected chi connectivity index (χ2v) is 4.86. The zero-order valence-corrected chi connectivity index (χ0v) is 11.8. The minimum absolute atomic E-state index is 0.476. The van der Waals surface area contributed by atoms with Crippen molar-refractivity contribution in [3.63, 3.8) is 0 Å². The maximum absolute atomic E-state index is 12.0. The molecule has 1 rings (SSSR count). The Morgan fingerprint density at radius 3 is 2.79 bits per heavy atom. The van der Waals surface area contributed by atoms with Crippen LogP contribution >= 0.6 is 15.9 Å². The fourth-order valence-corrected chi connectivity index (χ4v) is 1.91. The van der Waals surface area contributed by atoms with Gasteiger partial charge in [0, 0.05) is 17.1 Å². The Morgan fingerprint density at radius 2 is 2.21 bits per heavy atom. The fraction of sp³-hybridized carbons (Fsp3) is 0.308. The van der Waals surface area contributed by atoms with Crippen LogP contribution in [-0.2, 0) is 4.79 Å². The third kappa shape index (κ3) is 5.48. The zero-order valence-electron chi connectivity index (χ0n) is 10.2. The van der Waals surface area contributed by atoms with Gasteiger partial charge in [0.25, 0.3) is 6.43 Å². The molecule has 0 aromatic heterocycles.